The van der Waals surface area contributed by atoms with Crippen molar-refractivity contribution >= 4 is 6.29 Å². The van der Waals surface area contributed by atoms with Crippen molar-refractivity contribution in [3.05, 3.63) is 42.2 Å². The summed E-state index contributed by atoms with van der Waals surface area (Å²) in [4.78, 5) is 10.1. The standard InChI is InChI=1S/C17H24O2/c1-16(2,3)13-17(4,5)14-7-9-15(10-8-14)19-12-6-11-18/h6-12H,13H2,1-5H3. The molecule has 1 aromatic rings. The minimum atomic E-state index is 0.134. The Morgan fingerprint density at radius 3 is 2.11 bits per heavy atom. The first-order valence-electron chi connectivity index (χ1n) is 6.62. The Labute approximate surface area is 116 Å². The fourth-order valence-electron chi connectivity index (χ4n) is 2.56. The monoisotopic (exact) mass is 260 g/mol. The molecule has 0 spiro atoms. The average molecular weight is 260 g/mol. The number of aldehydes is 1. The number of hydrogen-bond acceptors (Lipinski definition) is 2. The van der Waals surface area contributed by atoms with Crippen LogP contribution in [-0.4, -0.2) is 6.29 Å². The molecule has 0 aliphatic carbocycles. The normalized spacial score (nSPS) is 12.7. The van der Waals surface area contributed by atoms with E-state index in [4.69, 9.17) is 4.74 Å². The van der Waals surface area contributed by atoms with Gasteiger partial charge in [0.15, 0.2) is 0 Å². The number of benzene rings is 1. The molecule has 0 aromatic heterocycles. The van der Waals surface area contributed by atoms with E-state index in [0.717, 1.165) is 12.2 Å². The third kappa shape index (κ3) is 5.29. The quantitative estimate of drug-likeness (QED) is 0.443. The molecule has 1 aromatic carbocycles. The van der Waals surface area contributed by atoms with Gasteiger partial charge in [-0.25, -0.2) is 0 Å². The molecule has 0 aliphatic rings. The van der Waals surface area contributed by atoms with Crippen LogP contribution in [0.2, 0.25) is 0 Å². The van der Waals surface area contributed by atoms with Crippen LogP contribution in [0, 0.1) is 5.41 Å². The lowest BCUT2D eigenvalue weighted by molar-refractivity contribution is -0.104. The molecule has 0 saturated heterocycles. The summed E-state index contributed by atoms with van der Waals surface area (Å²) in [5.74, 6) is 0.744. The van der Waals surface area contributed by atoms with Crippen molar-refractivity contribution in [3.63, 3.8) is 0 Å². The molecule has 0 unspecified atom stereocenters. The van der Waals surface area contributed by atoms with E-state index in [-0.39, 0.29) is 5.41 Å². The van der Waals surface area contributed by atoms with Gasteiger partial charge < -0.3 is 4.74 Å². The van der Waals surface area contributed by atoms with Crippen molar-refractivity contribution < 1.29 is 9.53 Å². The molecule has 0 atom stereocenters. The Kier molecular flexibility index (Phi) is 4.93. The second-order valence-corrected chi connectivity index (χ2v) is 6.73. The third-order valence-electron chi connectivity index (χ3n) is 2.97. The summed E-state index contributed by atoms with van der Waals surface area (Å²) in [7, 11) is 0. The van der Waals surface area contributed by atoms with E-state index in [2.05, 4.69) is 46.8 Å². The molecule has 0 amide bonds. The van der Waals surface area contributed by atoms with Crippen LogP contribution < -0.4 is 4.74 Å². The van der Waals surface area contributed by atoms with Crippen LogP contribution in [-0.2, 0) is 10.2 Å². The van der Waals surface area contributed by atoms with Crippen LogP contribution in [0.5, 0.6) is 5.75 Å². The SMILES string of the molecule is CC(C)(C)CC(C)(C)c1ccc(OC=CC=O)cc1. The lowest BCUT2D eigenvalue weighted by Gasteiger charge is -2.33. The lowest BCUT2D eigenvalue weighted by Crippen LogP contribution is -2.24. The fourth-order valence-corrected chi connectivity index (χ4v) is 2.56. The predicted molar refractivity (Wildman–Crippen MR) is 79.4 cm³/mol. The summed E-state index contributed by atoms with van der Waals surface area (Å²) in [5, 5.41) is 0. The minimum Gasteiger partial charge on any atom is -0.465 e. The molecule has 2 heteroatoms. The second kappa shape index (κ2) is 6.05. The van der Waals surface area contributed by atoms with Gasteiger partial charge in [0.2, 0.25) is 0 Å². The van der Waals surface area contributed by atoms with Gasteiger partial charge in [-0.1, -0.05) is 46.8 Å². The largest absolute Gasteiger partial charge is 0.465 e. The summed E-state index contributed by atoms with van der Waals surface area (Å²) in [5.41, 5.74) is 1.73. The van der Waals surface area contributed by atoms with Crippen molar-refractivity contribution in [1.82, 2.24) is 0 Å². The van der Waals surface area contributed by atoms with Gasteiger partial charge in [0.25, 0.3) is 0 Å². The van der Waals surface area contributed by atoms with Gasteiger partial charge in [-0.2, -0.15) is 0 Å². The van der Waals surface area contributed by atoms with Gasteiger partial charge in [0, 0.05) is 6.08 Å². The molecular weight excluding hydrogens is 236 g/mol. The van der Waals surface area contributed by atoms with Crippen molar-refractivity contribution in [3.8, 4) is 5.75 Å². The number of ether oxygens (including phenoxy) is 1. The predicted octanol–water partition coefficient (Wildman–Crippen LogP) is 4.49. The molecule has 0 fully saturated rings. The van der Waals surface area contributed by atoms with Gasteiger partial charge in [-0.05, 0) is 34.9 Å². The van der Waals surface area contributed by atoms with Gasteiger partial charge in [0.05, 0.1) is 6.26 Å². The van der Waals surface area contributed by atoms with Crippen molar-refractivity contribution in [2.45, 2.75) is 46.5 Å². The number of rotatable bonds is 5. The summed E-state index contributed by atoms with van der Waals surface area (Å²) in [6.07, 6.45) is 4.53. The molecule has 2 nitrogen and oxygen atoms in total. The summed E-state index contributed by atoms with van der Waals surface area (Å²) in [6.45, 7) is 11.3. The van der Waals surface area contributed by atoms with Gasteiger partial charge >= 0.3 is 0 Å². The Bertz CT molecular complexity index is 433. The summed E-state index contributed by atoms with van der Waals surface area (Å²) >= 11 is 0. The molecule has 1 rings (SSSR count). The van der Waals surface area contributed by atoms with E-state index < -0.39 is 0 Å². The van der Waals surface area contributed by atoms with E-state index in [1.807, 2.05) is 12.1 Å². The minimum absolute atomic E-state index is 0.134. The maximum absolute atomic E-state index is 10.1. The highest BCUT2D eigenvalue weighted by atomic mass is 16.5. The number of carbonyl (C=O) groups is 1. The Morgan fingerprint density at radius 1 is 1.05 bits per heavy atom. The maximum atomic E-state index is 10.1. The van der Waals surface area contributed by atoms with Crippen LogP contribution in [0.4, 0.5) is 0 Å². The molecule has 19 heavy (non-hydrogen) atoms. The van der Waals surface area contributed by atoms with E-state index in [9.17, 15) is 4.79 Å². The smallest absolute Gasteiger partial charge is 0.145 e. The maximum Gasteiger partial charge on any atom is 0.145 e. The van der Waals surface area contributed by atoms with E-state index in [1.165, 1.54) is 17.9 Å². The van der Waals surface area contributed by atoms with Crippen molar-refractivity contribution in [1.29, 1.82) is 0 Å². The van der Waals surface area contributed by atoms with Crippen molar-refractivity contribution in [2.75, 3.05) is 0 Å². The van der Waals surface area contributed by atoms with E-state index in [0.29, 0.717) is 11.7 Å². The Hall–Kier alpha value is -1.57. The third-order valence-corrected chi connectivity index (χ3v) is 2.97. The first-order chi connectivity index (χ1) is 8.74. The molecule has 0 aliphatic heterocycles. The van der Waals surface area contributed by atoms with Crippen molar-refractivity contribution in [2.24, 2.45) is 5.41 Å². The number of allylic oxidation sites excluding steroid dienone is 1. The van der Waals surface area contributed by atoms with Crippen LogP contribution in [0.25, 0.3) is 0 Å². The molecular formula is C17H24O2. The zero-order valence-corrected chi connectivity index (χ0v) is 12.6. The van der Waals surface area contributed by atoms with Crippen LogP contribution in [0.3, 0.4) is 0 Å². The molecule has 0 radical (unpaired) electrons. The molecule has 0 saturated carbocycles. The van der Waals surface area contributed by atoms with Crippen LogP contribution in [0.1, 0.15) is 46.6 Å². The average Bonchev–Trinajstić information content (AvgIpc) is 2.27. The highest BCUT2D eigenvalue weighted by molar-refractivity contribution is 5.64. The molecule has 0 bridgehead atoms. The second-order valence-electron chi connectivity index (χ2n) is 6.73. The fraction of sp³-hybridized carbons (Fsp3) is 0.471. The molecule has 0 N–H and O–H groups in total. The Balaban J connectivity index is 2.80. The van der Waals surface area contributed by atoms with Gasteiger partial charge in [0.1, 0.15) is 12.0 Å². The van der Waals surface area contributed by atoms with E-state index >= 15 is 0 Å². The highest BCUT2D eigenvalue weighted by Crippen LogP contribution is 2.36. The topological polar surface area (TPSA) is 26.3 Å². The van der Waals surface area contributed by atoms with Gasteiger partial charge in [-0.3, -0.25) is 4.79 Å². The first kappa shape index (κ1) is 15.5. The zero-order chi connectivity index (χ0) is 14.5. The summed E-state index contributed by atoms with van der Waals surface area (Å²) in [6, 6.07) is 8.06. The van der Waals surface area contributed by atoms with Crippen LogP contribution in [0.15, 0.2) is 36.6 Å². The van der Waals surface area contributed by atoms with Gasteiger partial charge in [-0.15, -0.1) is 0 Å². The zero-order valence-electron chi connectivity index (χ0n) is 12.6. The molecule has 104 valence electrons. The molecule has 0 heterocycles. The Morgan fingerprint density at radius 2 is 1.63 bits per heavy atom. The number of hydrogen-bond donors (Lipinski definition) is 0. The lowest BCUT2D eigenvalue weighted by atomic mass is 9.72. The van der Waals surface area contributed by atoms with E-state index in [1.54, 1.807) is 0 Å². The summed E-state index contributed by atoms with van der Waals surface area (Å²) < 4.78 is 5.30. The first-order valence-corrected chi connectivity index (χ1v) is 6.62. The highest BCUT2D eigenvalue weighted by Gasteiger charge is 2.27. The van der Waals surface area contributed by atoms with Crippen LogP contribution >= 0.6 is 0 Å². The number of carbonyl (C=O) groups excluding carboxylic acids is 1.